The van der Waals surface area contributed by atoms with Gasteiger partial charge in [-0.05, 0) is 37.6 Å². The molecule has 99 valence electrons. The first kappa shape index (κ1) is 15.4. The third-order valence-electron chi connectivity index (χ3n) is 2.62. The minimum atomic E-state index is 0.550. The molecule has 1 rings (SSSR count). The molecule has 0 spiro atoms. The van der Waals surface area contributed by atoms with Gasteiger partial charge in [0.15, 0.2) is 0 Å². The minimum absolute atomic E-state index is 0.550. The van der Waals surface area contributed by atoms with Crippen LogP contribution in [0.2, 0.25) is 10.0 Å². The molecule has 0 fully saturated rings. The molecule has 0 aliphatic rings. The van der Waals surface area contributed by atoms with Gasteiger partial charge in [-0.2, -0.15) is 0 Å². The molecule has 1 nitrogen and oxygen atoms in total. The summed E-state index contributed by atoms with van der Waals surface area (Å²) in [4.78, 5) is 0. The van der Waals surface area contributed by atoms with Crippen LogP contribution in [0.25, 0.3) is 5.76 Å². The number of allylic oxidation sites excluding steroid dienone is 1. The fourth-order valence-corrected chi connectivity index (χ4v) is 1.92. The lowest BCUT2D eigenvalue weighted by Crippen LogP contribution is -1.95. The Bertz CT molecular complexity index is 399. The summed E-state index contributed by atoms with van der Waals surface area (Å²) in [5.41, 5.74) is 0.962. The zero-order chi connectivity index (χ0) is 13.4. The average molecular weight is 286 g/mol. The fraction of sp³-hybridized carbons (Fsp3) is 0.400. The number of halogens is 2. The van der Waals surface area contributed by atoms with Crippen molar-refractivity contribution in [3.8, 4) is 0 Å². The smallest absolute Gasteiger partial charge is 0.122 e. The fourth-order valence-electron chi connectivity index (χ4n) is 1.62. The van der Waals surface area contributed by atoms with Crippen LogP contribution in [0.3, 0.4) is 0 Å². The third-order valence-corrected chi connectivity index (χ3v) is 3.36. The van der Waals surface area contributed by atoms with Crippen molar-refractivity contribution < 1.29 is 4.74 Å². The summed E-state index contributed by atoms with van der Waals surface area (Å²) in [7, 11) is 0. The van der Waals surface area contributed by atoms with Crippen molar-refractivity contribution in [1.29, 1.82) is 0 Å². The van der Waals surface area contributed by atoms with Crippen molar-refractivity contribution in [2.45, 2.75) is 32.6 Å². The molecule has 0 atom stereocenters. The molecule has 1 radical (unpaired) electrons. The topological polar surface area (TPSA) is 9.23 Å². The highest BCUT2D eigenvalue weighted by molar-refractivity contribution is 6.42. The van der Waals surface area contributed by atoms with Gasteiger partial charge in [-0.1, -0.05) is 49.4 Å². The Morgan fingerprint density at radius 2 is 2.00 bits per heavy atom. The average Bonchev–Trinajstić information content (AvgIpc) is 2.37. The van der Waals surface area contributed by atoms with E-state index < -0.39 is 0 Å². The molecule has 0 bridgehead atoms. The number of benzene rings is 1. The lowest BCUT2D eigenvalue weighted by atomic mass is 10.2. The Kier molecular flexibility index (Phi) is 7.22. The summed E-state index contributed by atoms with van der Waals surface area (Å²) in [6.45, 7) is 6.50. The van der Waals surface area contributed by atoms with Crippen LogP contribution in [-0.2, 0) is 4.74 Å². The molecular formula is C15H19Cl2O. The Labute approximate surface area is 120 Å². The van der Waals surface area contributed by atoms with Gasteiger partial charge in [0.05, 0.1) is 16.7 Å². The second-order valence-electron chi connectivity index (χ2n) is 4.04. The van der Waals surface area contributed by atoms with E-state index >= 15 is 0 Å². The molecule has 18 heavy (non-hydrogen) atoms. The Hall–Kier alpha value is -0.660. The Balaban J connectivity index is 2.53. The summed E-state index contributed by atoms with van der Waals surface area (Å²) in [6, 6.07) is 5.53. The first-order valence-electron chi connectivity index (χ1n) is 6.22. The number of hydrogen-bond donors (Lipinski definition) is 0. The molecule has 0 aromatic heterocycles. The third kappa shape index (κ3) is 4.91. The molecule has 1 aromatic rings. The van der Waals surface area contributed by atoms with E-state index in [4.69, 9.17) is 27.9 Å². The number of ether oxygens (including phenoxy) is 1. The monoisotopic (exact) mass is 285 g/mol. The lowest BCUT2D eigenvalue weighted by molar-refractivity contribution is 0.266. The maximum absolute atomic E-state index is 6.00. The van der Waals surface area contributed by atoms with Crippen molar-refractivity contribution in [3.63, 3.8) is 0 Å². The zero-order valence-corrected chi connectivity index (χ0v) is 12.2. The van der Waals surface area contributed by atoms with Crippen LogP contribution >= 0.6 is 23.2 Å². The van der Waals surface area contributed by atoms with Crippen LogP contribution in [-0.4, -0.2) is 6.61 Å². The first-order chi connectivity index (χ1) is 8.69. The first-order valence-corrected chi connectivity index (χ1v) is 6.98. The van der Waals surface area contributed by atoms with Crippen LogP contribution in [0.1, 0.15) is 38.2 Å². The standard InChI is InChI=1S/C15H19Cl2O/c1-3-5-6-7-10-18-15(4-2)12-8-9-13(16)14(17)11-12/h4,8-9,11H,1,3,5-7,10H2,2H3. The second kappa shape index (κ2) is 8.44. The molecule has 0 amide bonds. The van der Waals surface area contributed by atoms with Gasteiger partial charge in [0.1, 0.15) is 5.76 Å². The van der Waals surface area contributed by atoms with E-state index in [0.717, 1.165) is 43.6 Å². The molecule has 0 N–H and O–H groups in total. The molecule has 0 heterocycles. The molecule has 3 heteroatoms. The maximum atomic E-state index is 6.00. The maximum Gasteiger partial charge on any atom is 0.122 e. The van der Waals surface area contributed by atoms with Crippen LogP contribution < -0.4 is 0 Å². The van der Waals surface area contributed by atoms with Crippen LogP contribution in [0.5, 0.6) is 0 Å². The predicted octanol–water partition coefficient (Wildman–Crippen LogP) is 5.77. The van der Waals surface area contributed by atoms with Crippen molar-refractivity contribution in [2.24, 2.45) is 0 Å². The van der Waals surface area contributed by atoms with Crippen LogP contribution in [0.4, 0.5) is 0 Å². The van der Waals surface area contributed by atoms with Gasteiger partial charge in [-0.15, -0.1) is 0 Å². The van der Waals surface area contributed by atoms with Gasteiger partial charge in [0, 0.05) is 5.56 Å². The van der Waals surface area contributed by atoms with Crippen molar-refractivity contribution in [3.05, 3.63) is 46.8 Å². The molecule has 1 aromatic carbocycles. The van der Waals surface area contributed by atoms with Gasteiger partial charge in [-0.25, -0.2) is 0 Å². The number of unbranched alkanes of at least 4 members (excludes halogenated alkanes) is 3. The largest absolute Gasteiger partial charge is 0.493 e. The Morgan fingerprint density at radius 1 is 1.22 bits per heavy atom. The highest BCUT2D eigenvalue weighted by Crippen LogP contribution is 2.26. The van der Waals surface area contributed by atoms with Gasteiger partial charge in [0.25, 0.3) is 0 Å². The van der Waals surface area contributed by atoms with E-state index in [-0.39, 0.29) is 0 Å². The lowest BCUT2D eigenvalue weighted by Gasteiger charge is -2.11. The second-order valence-corrected chi connectivity index (χ2v) is 4.86. The zero-order valence-electron chi connectivity index (χ0n) is 10.7. The minimum Gasteiger partial charge on any atom is -0.493 e. The van der Waals surface area contributed by atoms with Crippen molar-refractivity contribution in [1.82, 2.24) is 0 Å². The van der Waals surface area contributed by atoms with Crippen molar-refractivity contribution in [2.75, 3.05) is 6.61 Å². The number of rotatable bonds is 7. The van der Waals surface area contributed by atoms with E-state index in [1.54, 1.807) is 6.07 Å². The van der Waals surface area contributed by atoms with Crippen LogP contribution in [0, 0.1) is 6.92 Å². The summed E-state index contributed by atoms with van der Waals surface area (Å²) >= 11 is 11.9. The van der Waals surface area contributed by atoms with Crippen LogP contribution in [0.15, 0.2) is 24.3 Å². The highest BCUT2D eigenvalue weighted by atomic mass is 35.5. The molecule has 0 aliphatic heterocycles. The summed E-state index contributed by atoms with van der Waals surface area (Å²) in [6.07, 6.45) is 6.29. The SMILES string of the molecule is [CH2]CCCCCOC(=CC)c1ccc(Cl)c(Cl)c1. The molecule has 0 unspecified atom stereocenters. The van der Waals surface area contributed by atoms with E-state index in [2.05, 4.69) is 6.92 Å². The van der Waals surface area contributed by atoms with Gasteiger partial charge >= 0.3 is 0 Å². The van der Waals surface area contributed by atoms with E-state index in [1.807, 2.05) is 25.1 Å². The van der Waals surface area contributed by atoms with Gasteiger partial charge in [0.2, 0.25) is 0 Å². The van der Waals surface area contributed by atoms with E-state index in [9.17, 15) is 0 Å². The Morgan fingerprint density at radius 3 is 2.61 bits per heavy atom. The van der Waals surface area contributed by atoms with E-state index in [1.165, 1.54) is 0 Å². The summed E-state index contributed by atoms with van der Waals surface area (Å²) in [5, 5.41) is 1.11. The van der Waals surface area contributed by atoms with Gasteiger partial charge in [-0.3, -0.25) is 0 Å². The quantitative estimate of drug-likeness (QED) is 0.457. The summed E-state index contributed by atoms with van der Waals surface area (Å²) in [5.74, 6) is 0.850. The van der Waals surface area contributed by atoms with Crippen molar-refractivity contribution >= 4 is 29.0 Å². The number of hydrogen-bond acceptors (Lipinski definition) is 1. The van der Waals surface area contributed by atoms with Gasteiger partial charge < -0.3 is 4.74 Å². The normalized spacial score (nSPS) is 11.7. The molecular weight excluding hydrogens is 267 g/mol. The summed E-state index contributed by atoms with van der Waals surface area (Å²) < 4.78 is 5.76. The van der Waals surface area contributed by atoms with E-state index in [0.29, 0.717) is 10.0 Å². The molecule has 0 saturated carbocycles. The molecule has 0 aliphatic carbocycles. The predicted molar refractivity (Wildman–Crippen MR) is 79.9 cm³/mol. The molecule has 0 saturated heterocycles. The highest BCUT2D eigenvalue weighted by Gasteiger charge is 2.05.